The lowest BCUT2D eigenvalue weighted by atomic mass is 9.67. The van der Waals surface area contributed by atoms with E-state index in [9.17, 15) is 0 Å². The first-order valence-corrected chi connectivity index (χ1v) is 6.33. The lowest BCUT2D eigenvalue weighted by Gasteiger charge is -2.38. The van der Waals surface area contributed by atoms with Crippen molar-refractivity contribution in [2.24, 2.45) is 23.5 Å². The molecule has 2 N–H and O–H groups in total. The average molecular weight is 216 g/mol. The van der Waals surface area contributed by atoms with Crippen molar-refractivity contribution in [3.63, 3.8) is 0 Å². The third-order valence-electron chi connectivity index (χ3n) is 4.33. The maximum absolute atomic E-state index is 5.77. The third kappa shape index (κ3) is 1.76. The summed E-state index contributed by atoms with van der Waals surface area (Å²) in [7, 11) is 0. The fraction of sp³-hybridized carbons (Fsp3) is 0.571. The molecule has 1 saturated heterocycles. The minimum absolute atomic E-state index is 0.811. The fourth-order valence-corrected chi connectivity index (χ4v) is 3.38. The van der Waals surface area contributed by atoms with Crippen LogP contribution in [0.3, 0.4) is 0 Å². The lowest BCUT2D eigenvalue weighted by Crippen LogP contribution is -2.39. The molecule has 0 radical (unpaired) electrons. The van der Waals surface area contributed by atoms with Crippen LogP contribution in [0, 0.1) is 17.8 Å². The van der Waals surface area contributed by atoms with Crippen molar-refractivity contribution < 1.29 is 0 Å². The Labute approximate surface area is 97.4 Å². The normalized spacial score (nSPS) is 33.4. The van der Waals surface area contributed by atoms with E-state index in [0.717, 1.165) is 30.8 Å². The highest BCUT2D eigenvalue weighted by Gasteiger charge is 2.45. The molecule has 86 valence electrons. The van der Waals surface area contributed by atoms with E-state index < -0.39 is 0 Å². The topological polar surface area (TPSA) is 29.3 Å². The van der Waals surface area contributed by atoms with Gasteiger partial charge < -0.3 is 5.73 Å². The lowest BCUT2D eigenvalue weighted by molar-refractivity contribution is 0.129. The van der Waals surface area contributed by atoms with Crippen molar-refractivity contribution >= 4 is 0 Å². The molecule has 1 aromatic rings. The van der Waals surface area contributed by atoms with Crippen LogP contribution in [0.1, 0.15) is 12.0 Å². The second kappa shape index (κ2) is 4.19. The summed E-state index contributed by atoms with van der Waals surface area (Å²) in [6.45, 7) is 4.56. The number of nitrogens with zero attached hydrogens (tertiary/aromatic N) is 1. The van der Waals surface area contributed by atoms with Crippen LogP contribution < -0.4 is 5.73 Å². The Kier molecular flexibility index (Phi) is 2.70. The molecule has 2 fully saturated rings. The summed E-state index contributed by atoms with van der Waals surface area (Å²) < 4.78 is 0. The highest BCUT2D eigenvalue weighted by atomic mass is 15.2. The van der Waals surface area contributed by atoms with Crippen LogP contribution in [0.2, 0.25) is 0 Å². The zero-order valence-electron chi connectivity index (χ0n) is 9.68. The second-order valence-corrected chi connectivity index (χ2v) is 5.34. The van der Waals surface area contributed by atoms with Gasteiger partial charge >= 0.3 is 0 Å². The number of hydrogen-bond donors (Lipinski definition) is 1. The molecule has 3 atom stereocenters. The number of nitrogens with two attached hydrogens (primary N) is 1. The van der Waals surface area contributed by atoms with Crippen LogP contribution in [0.25, 0.3) is 0 Å². The van der Waals surface area contributed by atoms with Crippen molar-refractivity contribution in [1.29, 1.82) is 0 Å². The Morgan fingerprint density at radius 1 is 1.19 bits per heavy atom. The van der Waals surface area contributed by atoms with Gasteiger partial charge in [-0.3, -0.25) is 4.90 Å². The molecule has 0 bridgehead atoms. The first-order valence-electron chi connectivity index (χ1n) is 6.33. The van der Waals surface area contributed by atoms with E-state index in [1.165, 1.54) is 25.1 Å². The van der Waals surface area contributed by atoms with Crippen LogP contribution in [0.15, 0.2) is 30.3 Å². The molecule has 2 aliphatic rings. The second-order valence-electron chi connectivity index (χ2n) is 5.34. The molecule has 3 rings (SSSR count). The number of fused-ring (bicyclic) bond motifs is 1. The van der Waals surface area contributed by atoms with Gasteiger partial charge in [-0.15, -0.1) is 0 Å². The Hall–Kier alpha value is -0.860. The number of benzene rings is 1. The zero-order chi connectivity index (χ0) is 11.0. The van der Waals surface area contributed by atoms with Gasteiger partial charge in [-0.25, -0.2) is 0 Å². The van der Waals surface area contributed by atoms with E-state index >= 15 is 0 Å². The predicted octanol–water partition coefficient (Wildman–Crippen LogP) is 1.71. The van der Waals surface area contributed by atoms with Gasteiger partial charge in [-0.2, -0.15) is 0 Å². The summed E-state index contributed by atoms with van der Waals surface area (Å²) in [6, 6.07) is 10.8. The van der Waals surface area contributed by atoms with Gasteiger partial charge in [0.15, 0.2) is 0 Å². The Morgan fingerprint density at radius 2 is 2.00 bits per heavy atom. The SMILES string of the molecule is NCC1CC2CN(Cc3ccccc3)CC12. The van der Waals surface area contributed by atoms with Crippen LogP contribution in [-0.2, 0) is 6.54 Å². The molecule has 1 heterocycles. The van der Waals surface area contributed by atoms with Gasteiger partial charge in [-0.05, 0) is 36.3 Å². The van der Waals surface area contributed by atoms with Crippen molar-refractivity contribution in [2.45, 2.75) is 13.0 Å². The number of rotatable bonds is 3. The van der Waals surface area contributed by atoms with Gasteiger partial charge in [0.1, 0.15) is 0 Å². The first-order chi connectivity index (χ1) is 7.86. The molecule has 1 aromatic carbocycles. The number of likely N-dealkylation sites (tertiary alicyclic amines) is 1. The van der Waals surface area contributed by atoms with E-state index in [2.05, 4.69) is 35.2 Å². The first kappa shape index (κ1) is 10.3. The minimum atomic E-state index is 0.811. The smallest absolute Gasteiger partial charge is 0.0233 e. The maximum atomic E-state index is 5.77. The summed E-state index contributed by atoms with van der Waals surface area (Å²) >= 11 is 0. The molecular weight excluding hydrogens is 196 g/mol. The molecule has 0 amide bonds. The van der Waals surface area contributed by atoms with E-state index in [0.29, 0.717) is 0 Å². The van der Waals surface area contributed by atoms with Gasteiger partial charge in [0.25, 0.3) is 0 Å². The summed E-state index contributed by atoms with van der Waals surface area (Å²) in [4.78, 5) is 2.60. The molecule has 0 spiro atoms. The van der Waals surface area contributed by atoms with Gasteiger partial charge in [0.05, 0.1) is 0 Å². The molecule has 3 unspecified atom stereocenters. The Bertz CT molecular complexity index is 349. The maximum Gasteiger partial charge on any atom is 0.0233 e. The van der Waals surface area contributed by atoms with Gasteiger partial charge in [-0.1, -0.05) is 30.3 Å². The molecule has 1 aliphatic carbocycles. The van der Waals surface area contributed by atoms with Crippen molar-refractivity contribution in [2.75, 3.05) is 19.6 Å². The molecule has 2 heteroatoms. The van der Waals surface area contributed by atoms with E-state index in [-0.39, 0.29) is 0 Å². The van der Waals surface area contributed by atoms with E-state index in [1.807, 2.05) is 0 Å². The Balaban J connectivity index is 1.59. The predicted molar refractivity (Wildman–Crippen MR) is 65.9 cm³/mol. The zero-order valence-corrected chi connectivity index (χ0v) is 9.68. The molecule has 16 heavy (non-hydrogen) atoms. The summed E-state index contributed by atoms with van der Waals surface area (Å²) in [5, 5.41) is 0. The minimum Gasteiger partial charge on any atom is -0.330 e. The third-order valence-corrected chi connectivity index (χ3v) is 4.33. The van der Waals surface area contributed by atoms with E-state index in [1.54, 1.807) is 0 Å². The monoisotopic (exact) mass is 216 g/mol. The molecule has 1 aliphatic heterocycles. The van der Waals surface area contributed by atoms with E-state index in [4.69, 9.17) is 5.73 Å². The molecular formula is C14H20N2. The van der Waals surface area contributed by atoms with Gasteiger partial charge in [0, 0.05) is 19.6 Å². The van der Waals surface area contributed by atoms with Crippen LogP contribution in [0.4, 0.5) is 0 Å². The van der Waals surface area contributed by atoms with Crippen molar-refractivity contribution in [1.82, 2.24) is 4.90 Å². The van der Waals surface area contributed by atoms with Gasteiger partial charge in [0.2, 0.25) is 0 Å². The molecule has 1 saturated carbocycles. The van der Waals surface area contributed by atoms with Crippen molar-refractivity contribution in [3.05, 3.63) is 35.9 Å². The largest absolute Gasteiger partial charge is 0.330 e. The standard InChI is InChI=1S/C14H20N2/c15-7-12-6-13-9-16(10-14(12)13)8-11-4-2-1-3-5-11/h1-5,12-14H,6-10,15H2. The van der Waals surface area contributed by atoms with Crippen LogP contribution >= 0.6 is 0 Å². The summed E-state index contributed by atoms with van der Waals surface area (Å²) in [5.74, 6) is 2.65. The van der Waals surface area contributed by atoms with Crippen LogP contribution in [-0.4, -0.2) is 24.5 Å². The number of hydrogen-bond acceptors (Lipinski definition) is 2. The molecule has 2 nitrogen and oxygen atoms in total. The fourth-order valence-electron chi connectivity index (χ4n) is 3.38. The highest BCUT2D eigenvalue weighted by Crippen LogP contribution is 2.45. The molecule has 0 aromatic heterocycles. The summed E-state index contributed by atoms with van der Waals surface area (Å²) in [6.07, 6.45) is 1.37. The Morgan fingerprint density at radius 3 is 2.75 bits per heavy atom. The van der Waals surface area contributed by atoms with Crippen LogP contribution in [0.5, 0.6) is 0 Å². The van der Waals surface area contributed by atoms with Crippen molar-refractivity contribution in [3.8, 4) is 0 Å². The summed E-state index contributed by atoms with van der Waals surface area (Å²) in [5.41, 5.74) is 7.21. The highest BCUT2D eigenvalue weighted by molar-refractivity contribution is 5.15. The average Bonchev–Trinajstić information content (AvgIpc) is 2.60. The quantitative estimate of drug-likeness (QED) is 0.833.